The molecule has 4 nitrogen and oxygen atoms in total. The summed E-state index contributed by atoms with van der Waals surface area (Å²) < 4.78 is 2.60. The molecule has 2 aliphatic rings. The van der Waals surface area contributed by atoms with Gasteiger partial charge in [-0.05, 0) is 99.8 Å². The number of nitrogens with zero attached hydrogens (tertiary/aromatic N) is 3. The Morgan fingerprint density at radius 2 is 1.67 bits per heavy atom. The minimum absolute atomic E-state index is 0.000163. The number of hydrogen-bond acceptors (Lipinski definition) is 2. The molecule has 1 N–H and O–H groups in total. The minimum atomic E-state index is -0.000163. The summed E-state index contributed by atoms with van der Waals surface area (Å²) in [5, 5.41) is 4.39. The second kappa shape index (κ2) is 8.94. The summed E-state index contributed by atoms with van der Waals surface area (Å²) >= 11 is 5.95. The maximum Gasteiger partial charge on any atom is 0.174 e. The summed E-state index contributed by atoms with van der Waals surface area (Å²) in [4.78, 5) is 7.05. The number of thiocarbonyl (C=S) groups is 1. The molecule has 1 aliphatic carbocycles. The van der Waals surface area contributed by atoms with Crippen LogP contribution in [-0.4, -0.2) is 14.7 Å². The van der Waals surface area contributed by atoms with Gasteiger partial charge in [-0.1, -0.05) is 31.4 Å². The van der Waals surface area contributed by atoms with E-state index in [9.17, 15) is 0 Å². The largest absolute Gasteiger partial charge is 0.351 e. The fourth-order valence-electron chi connectivity index (χ4n) is 6.04. The summed E-state index contributed by atoms with van der Waals surface area (Å²) in [5.41, 5.74) is 8.75. The molecule has 2 atom stereocenters. The standard InChI is InChI=1S/C28H34N4S/c1-18-14-19(2)16-23(15-18)32-27(26(30-28(32)33)25-12-8-9-13-29-25)24-17-20(3)31(21(24)4)22-10-6-5-7-11-22/h8-9,12-17,22,26-27H,5-7,10-11H2,1-4H3,(H,30,33)/t26-,27+/m1/s1. The van der Waals surface area contributed by atoms with Crippen LogP contribution in [0.2, 0.25) is 0 Å². The van der Waals surface area contributed by atoms with E-state index in [4.69, 9.17) is 17.2 Å². The number of aryl methyl sites for hydroxylation is 3. The highest BCUT2D eigenvalue weighted by atomic mass is 32.1. The molecule has 1 aromatic carbocycles. The highest BCUT2D eigenvalue weighted by Gasteiger charge is 2.42. The van der Waals surface area contributed by atoms with Gasteiger partial charge in [-0.3, -0.25) is 4.98 Å². The summed E-state index contributed by atoms with van der Waals surface area (Å²) in [6, 6.07) is 15.9. The number of rotatable bonds is 4. The van der Waals surface area contributed by atoms with Crippen LogP contribution in [0.15, 0.2) is 48.7 Å². The van der Waals surface area contributed by atoms with Crippen LogP contribution in [-0.2, 0) is 0 Å². The quantitative estimate of drug-likeness (QED) is 0.436. The van der Waals surface area contributed by atoms with Crippen LogP contribution in [0.3, 0.4) is 0 Å². The number of pyridine rings is 1. The van der Waals surface area contributed by atoms with E-state index in [0.29, 0.717) is 6.04 Å². The first-order chi connectivity index (χ1) is 15.9. The van der Waals surface area contributed by atoms with Crippen molar-refractivity contribution in [3.63, 3.8) is 0 Å². The Hall–Kier alpha value is -2.66. The van der Waals surface area contributed by atoms with Crippen molar-refractivity contribution < 1.29 is 0 Å². The second-order valence-corrected chi connectivity index (χ2v) is 10.2. The zero-order valence-corrected chi connectivity index (χ0v) is 21.0. The molecule has 2 fully saturated rings. The van der Waals surface area contributed by atoms with Gasteiger partial charge < -0.3 is 14.8 Å². The van der Waals surface area contributed by atoms with Gasteiger partial charge in [-0.15, -0.1) is 0 Å². The van der Waals surface area contributed by atoms with E-state index in [2.05, 4.69) is 78.9 Å². The molecule has 2 aromatic heterocycles. The topological polar surface area (TPSA) is 33.1 Å². The van der Waals surface area contributed by atoms with Gasteiger partial charge in [-0.2, -0.15) is 0 Å². The van der Waals surface area contributed by atoms with Crippen LogP contribution in [0, 0.1) is 27.7 Å². The zero-order valence-electron chi connectivity index (χ0n) is 20.1. The molecule has 1 saturated heterocycles. The van der Waals surface area contributed by atoms with Crippen LogP contribution in [0.5, 0.6) is 0 Å². The predicted molar refractivity (Wildman–Crippen MR) is 140 cm³/mol. The van der Waals surface area contributed by atoms with Gasteiger partial charge in [0.1, 0.15) is 0 Å². The molecule has 33 heavy (non-hydrogen) atoms. The van der Waals surface area contributed by atoms with Crippen molar-refractivity contribution in [3.8, 4) is 0 Å². The van der Waals surface area contributed by atoms with E-state index in [1.807, 2.05) is 12.3 Å². The van der Waals surface area contributed by atoms with Gasteiger partial charge in [-0.25, -0.2) is 0 Å². The number of anilines is 1. The number of hydrogen-bond donors (Lipinski definition) is 1. The molecule has 3 heterocycles. The minimum Gasteiger partial charge on any atom is -0.351 e. The Bertz CT molecular complexity index is 1140. The van der Waals surface area contributed by atoms with Gasteiger partial charge in [0, 0.05) is 29.3 Å². The first-order valence-corrected chi connectivity index (χ1v) is 12.6. The molecular formula is C28H34N4S. The predicted octanol–water partition coefficient (Wildman–Crippen LogP) is 6.80. The van der Waals surface area contributed by atoms with Gasteiger partial charge in [0.15, 0.2) is 5.11 Å². The molecule has 5 heteroatoms. The van der Waals surface area contributed by atoms with E-state index in [-0.39, 0.29) is 12.1 Å². The van der Waals surface area contributed by atoms with Crippen molar-refractivity contribution in [2.24, 2.45) is 0 Å². The van der Waals surface area contributed by atoms with Crippen LogP contribution in [0.25, 0.3) is 0 Å². The maximum absolute atomic E-state index is 5.95. The Kier molecular flexibility index (Phi) is 6.00. The molecule has 172 valence electrons. The van der Waals surface area contributed by atoms with Gasteiger partial charge in [0.05, 0.1) is 17.8 Å². The summed E-state index contributed by atoms with van der Waals surface area (Å²) in [6.07, 6.45) is 8.46. The highest BCUT2D eigenvalue weighted by molar-refractivity contribution is 7.80. The molecule has 0 amide bonds. The Balaban J connectivity index is 1.65. The lowest BCUT2D eigenvalue weighted by atomic mass is 9.94. The third-order valence-electron chi connectivity index (χ3n) is 7.36. The molecule has 0 spiro atoms. The van der Waals surface area contributed by atoms with Crippen LogP contribution in [0.4, 0.5) is 5.69 Å². The average Bonchev–Trinajstić information content (AvgIpc) is 3.29. The Labute approximate surface area is 203 Å². The van der Waals surface area contributed by atoms with Gasteiger partial charge in [0.25, 0.3) is 0 Å². The maximum atomic E-state index is 5.95. The molecule has 0 unspecified atom stereocenters. The van der Waals surface area contributed by atoms with Crippen LogP contribution >= 0.6 is 12.2 Å². The lowest BCUT2D eigenvalue weighted by Crippen LogP contribution is -2.29. The highest BCUT2D eigenvalue weighted by Crippen LogP contribution is 2.44. The SMILES string of the molecule is Cc1cc(C)cc(N2C(=S)N[C@H](c3ccccn3)[C@@H]2c2cc(C)n(C3CCCCC3)c2C)c1. The van der Waals surface area contributed by atoms with E-state index in [1.165, 1.54) is 60.2 Å². The van der Waals surface area contributed by atoms with E-state index in [0.717, 1.165) is 16.5 Å². The molecule has 3 aromatic rings. The van der Waals surface area contributed by atoms with Crippen molar-refractivity contribution in [2.75, 3.05) is 4.90 Å². The van der Waals surface area contributed by atoms with E-state index < -0.39 is 0 Å². The first kappa shape index (κ1) is 22.1. The summed E-state index contributed by atoms with van der Waals surface area (Å²) in [6.45, 7) is 8.88. The third-order valence-corrected chi connectivity index (χ3v) is 7.68. The normalized spacial score (nSPS) is 21.5. The Morgan fingerprint density at radius 1 is 0.939 bits per heavy atom. The molecule has 0 bridgehead atoms. The fourth-order valence-corrected chi connectivity index (χ4v) is 6.39. The molecule has 1 saturated carbocycles. The lowest BCUT2D eigenvalue weighted by molar-refractivity contribution is 0.345. The molecule has 0 radical (unpaired) electrons. The van der Waals surface area contributed by atoms with E-state index >= 15 is 0 Å². The molecule has 5 rings (SSSR count). The van der Waals surface area contributed by atoms with E-state index in [1.54, 1.807) is 0 Å². The summed E-state index contributed by atoms with van der Waals surface area (Å²) in [5.74, 6) is 0. The number of aromatic nitrogens is 2. The number of nitrogens with one attached hydrogen (secondary N) is 1. The summed E-state index contributed by atoms with van der Waals surface area (Å²) in [7, 11) is 0. The number of benzene rings is 1. The van der Waals surface area contributed by atoms with Crippen molar-refractivity contribution in [1.82, 2.24) is 14.9 Å². The Morgan fingerprint density at radius 3 is 2.33 bits per heavy atom. The monoisotopic (exact) mass is 458 g/mol. The van der Waals surface area contributed by atoms with Gasteiger partial charge >= 0.3 is 0 Å². The van der Waals surface area contributed by atoms with Crippen molar-refractivity contribution in [1.29, 1.82) is 0 Å². The smallest absolute Gasteiger partial charge is 0.174 e. The first-order valence-electron chi connectivity index (χ1n) is 12.2. The van der Waals surface area contributed by atoms with Crippen molar-refractivity contribution >= 4 is 23.0 Å². The van der Waals surface area contributed by atoms with Crippen LogP contribution < -0.4 is 10.2 Å². The average molecular weight is 459 g/mol. The molecular weight excluding hydrogens is 424 g/mol. The van der Waals surface area contributed by atoms with Gasteiger partial charge in [0.2, 0.25) is 0 Å². The molecule has 1 aliphatic heterocycles. The van der Waals surface area contributed by atoms with Crippen LogP contribution in [0.1, 0.15) is 84.0 Å². The van der Waals surface area contributed by atoms with Crippen molar-refractivity contribution in [2.45, 2.75) is 77.9 Å². The third kappa shape index (κ3) is 4.08. The van der Waals surface area contributed by atoms with Crippen molar-refractivity contribution in [3.05, 3.63) is 82.4 Å². The lowest BCUT2D eigenvalue weighted by Gasteiger charge is -2.30. The zero-order chi connectivity index (χ0) is 23.1. The second-order valence-electron chi connectivity index (χ2n) is 9.83. The fraction of sp³-hybridized carbons (Fsp3) is 0.429.